The van der Waals surface area contributed by atoms with Gasteiger partial charge in [0.05, 0.1) is 17.9 Å². The first-order valence-corrected chi connectivity index (χ1v) is 18.3. The Bertz CT molecular complexity index is 1940. The van der Waals surface area contributed by atoms with Crippen LogP contribution in [0.2, 0.25) is 0 Å². The summed E-state index contributed by atoms with van der Waals surface area (Å²) in [4.78, 5) is 32.4. The van der Waals surface area contributed by atoms with Gasteiger partial charge in [-0.15, -0.1) is 0 Å². The largest absolute Gasteiger partial charge is 0.484 e. The van der Waals surface area contributed by atoms with Crippen molar-refractivity contribution in [3.8, 4) is 5.75 Å². The van der Waals surface area contributed by atoms with Crippen LogP contribution >= 0.6 is 0 Å². The van der Waals surface area contributed by atoms with Gasteiger partial charge in [-0.25, -0.2) is 14.6 Å². The van der Waals surface area contributed by atoms with Gasteiger partial charge >= 0.3 is 12.1 Å². The van der Waals surface area contributed by atoms with Gasteiger partial charge in [-0.05, 0) is 88.8 Å². The molecule has 0 unspecified atom stereocenters. The van der Waals surface area contributed by atoms with Gasteiger partial charge < -0.3 is 25.4 Å². The topological polar surface area (TPSA) is 171 Å². The summed E-state index contributed by atoms with van der Waals surface area (Å²) in [5.74, 6) is 1.07. The van der Waals surface area contributed by atoms with E-state index in [0.29, 0.717) is 67.6 Å². The highest BCUT2D eigenvalue weighted by Gasteiger charge is 2.31. The number of ether oxygens (including phenoxy) is 2. The normalized spacial score (nSPS) is 18.5. The number of amides is 3. The molecule has 53 heavy (non-hydrogen) atoms. The van der Waals surface area contributed by atoms with Crippen molar-refractivity contribution in [2.24, 2.45) is 22.1 Å². The summed E-state index contributed by atoms with van der Waals surface area (Å²) in [5, 5.41) is 23.6. The number of allylic oxidation sites excluding steroid dienone is 1. The van der Waals surface area contributed by atoms with Crippen LogP contribution < -0.4 is 26.6 Å². The predicted molar refractivity (Wildman–Crippen MR) is 212 cm³/mol. The average Bonchev–Trinajstić information content (AvgIpc) is 3.09. The first kappa shape index (κ1) is 38.8. The van der Waals surface area contributed by atoms with E-state index in [0.717, 1.165) is 16.7 Å². The number of nitrogens with one attached hydrogen (secondary N) is 4. The number of rotatable bonds is 6. The third-order valence-corrected chi connectivity index (χ3v) is 9.42. The molecule has 1 aromatic heterocycles. The minimum absolute atomic E-state index is 0. The molecule has 5 rings (SSSR count). The maximum atomic E-state index is 13.5. The second-order valence-corrected chi connectivity index (χ2v) is 15.9. The van der Waals surface area contributed by atoms with Crippen molar-refractivity contribution in [1.29, 1.82) is 10.8 Å². The van der Waals surface area contributed by atoms with Crippen LogP contribution in [0.25, 0.3) is 0 Å². The zero-order valence-corrected chi connectivity index (χ0v) is 32.0. The SMILES string of the molecule is Cc1ccc(N=C(/C=C(\N)C(C)(C)C)NC(=O)N[C@H]2CC[C@@H](Oc3ccc(=N)n(C(=N)C4CCN(C(=O)OC(C)(C)C)CC4)c3)c3ccccc32)cc1.[HH].[HH]. The molecule has 0 spiro atoms. The second-order valence-electron chi connectivity index (χ2n) is 15.9. The van der Waals surface area contributed by atoms with E-state index in [9.17, 15) is 9.59 Å². The fourth-order valence-electron chi connectivity index (χ4n) is 6.33. The van der Waals surface area contributed by atoms with Crippen molar-refractivity contribution >= 4 is 29.5 Å². The number of nitrogens with two attached hydrogens (primary N) is 1. The molecule has 286 valence electrons. The van der Waals surface area contributed by atoms with E-state index in [1.165, 1.54) is 0 Å². The Morgan fingerprint density at radius 3 is 2.25 bits per heavy atom. The molecule has 2 aliphatic rings. The average molecular weight is 727 g/mol. The summed E-state index contributed by atoms with van der Waals surface area (Å²) in [6.45, 7) is 14.5. The molecular formula is C41H58N8O4. The molecule has 2 aromatic carbocycles. The van der Waals surface area contributed by atoms with Gasteiger partial charge in [0, 0.05) is 39.0 Å². The lowest BCUT2D eigenvalue weighted by Gasteiger charge is -2.34. The number of pyridine rings is 1. The molecule has 3 aromatic rings. The zero-order valence-electron chi connectivity index (χ0n) is 32.0. The summed E-state index contributed by atoms with van der Waals surface area (Å²) >= 11 is 0. The van der Waals surface area contributed by atoms with E-state index in [1.807, 2.05) is 97.0 Å². The highest BCUT2D eigenvalue weighted by molar-refractivity contribution is 6.05. The fourth-order valence-corrected chi connectivity index (χ4v) is 6.33. The molecular weight excluding hydrogens is 669 g/mol. The molecule has 2 atom stereocenters. The van der Waals surface area contributed by atoms with Crippen LogP contribution in [0.15, 0.2) is 83.6 Å². The van der Waals surface area contributed by atoms with Crippen LogP contribution in [0, 0.1) is 29.1 Å². The van der Waals surface area contributed by atoms with Crippen LogP contribution in [-0.4, -0.2) is 52.0 Å². The number of carbonyl (C=O) groups is 2. The maximum absolute atomic E-state index is 13.5. The Kier molecular flexibility index (Phi) is 11.8. The van der Waals surface area contributed by atoms with Gasteiger partial charge in [-0.2, -0.15) is 0 Å². The number of hydrogen-bond donors (Lipinski definition) is 5. The molecule has 1 aliphatic carbocycles. The summed E-state index contributed by atoms with van der Waals surface area (Å²) in [7, 11) is 0. The number of nitrogens with zero attached hydrogens (tertiary/aromatic N) is 3. The number of benzene rings is 2. The standard InChI is InChI=1S/C41H54N8O4.2H2/c1-26-12-14-28(15-13-26)45-36(24-34(42)40(2,3)4)47-38(50)46-32-17-18-33(31-11-9-8-10-30(31)32)52-29-16-19-35(43)49(25-29)37(44)27-20-22-48(23-21-27)39(51)53-41(5,6)7;;/h8-16,19,24-25,27,32-33,43-44H,17-18,20-23,42H2,1-7H3,(H2,45,46,47,50);2*1H/b34-24-,43-35?,44-37?;;/t32-,33+;;/m0../s1. The van der Waals surface area contributed by atoms with Gasteiger partial charge in [0.2, 0.25) is 0 Å². The van der Waals surface area contributed by atoms with E-state index in [4.69, 9.17) is 26.0 Å². The molecule has 12 heteroatoms. The van der Waals surface area contributed by atoms with Gasteiger partial charge in [0.15, 0.2) is 0 Å². The first-order chi connectivity index (χ1) is 25.0. The molecule has 0 bridgehead atoms. The summed E-state index contributed by atoms with van der Waals surface area (Å²) in [6, 6.07) is 18.4. The highest BCUT2D eigenvalue weighted by Crippen LogP contribution is 2.38. The Hall–Kier alpha value is -5.39. The Labute approximate surface area is 315 Å². The van der Waals surface area contributed by atoms with Gasteiger partial charge in [-0.1, -0.05) is 62.7 Å². The highest BCUT2D eigenvalue weighted by atomic mass is 16.6. The first-order valence-electron chi connectivity index (χ1n) is 18.3. The van der Waals surface area contributed by atoms with Crippen LogP contribution in [0.4, 0.5) is 15.3 Å². The smallest absolute Gasteiger partial charge is 0.410 e. The van der Waals surface area contributed by atoms with Crippen molar-refractivity contribution in [2.75, 3.05) is 13.1 Å². The summed E-state index contributed by atoms with van der Waals surface area (Å²) in [6.07, 6.45) is 5.25. The predicted octanol–water partition coefficient (Wildman–Crippen LogP) is 8.11. The number of fused-ring (bicyclic) bond motifs is 1. The lowest BCUT2D eigenvalue weighted by Crippen LogP contribution is -2.44. The van der Waals surface area contributed by atoms with Crippen LogP contribution in [0.3, 0.4) is 0 Å². The Morgan fingerprint density at radius 2 is 1.60 bits per heavy atom. The number of amidine groups is 1. The molecule has 1 saturated heterocycles. The van der Waals surface area contributed by atoms with Crippen LogP contribution in [0.5, 0.6) is 5.75 Å². The van der Waals surface area contributed by atoms with Crippen molar-refractivity contribution in [3.63, 3.8) is 0 Å². The molecule has 3 amide bonds. The molecule has 0 saturated carbocycles. The quantitative estimate of drug-likeness (QED) is 0.127. The number of hydrogen-bond acceptors (Lipinski definition) is 8. The number of aromatic nitrogens is 1. The summed E-state index contributed by atoms with van der Waals surface area (Å²) in [5.41, 5.74) is 10.00. The molecule has 6 N–H and O–H groups in total. The van der Waals surface area contributed by atoms with E-state index >= 15 is 0 Å². The van der Waals surface area contributed by atoms with Crippen molar-refractivity contribution in [3.05, 3.63) is 101 Å². The number of aryl methyl sites for hydroxylation is 1. The van der Waals surface area contributed by atoms with Gasteiger partial charge in [0.25, 0.3) is 0 Å². The van der Waals surface area contributed by atoms with Gasteiger partial charge in [0.1, 0.15) is 34.6 Å². The van der Waals surface area contributed by atoms with Crippen molar-refractivity contribution in [2.45, 2.75) is 91.9 Å². The van der Waals surface area contributed by atoms with E-state index < -0.39 is 11.6 Å². The van der Waals surface area contributed by atoms with Crippen molar-refractivity contribution < 1.29 is 21.9 Å². The Morgan fingerprint density at radius 1 is 0.943 bits per heavy atom. The summed E-state index contributed by atoms with van der Waals surface area (Å²) < 4.78 is 13.6. The number of piperidine rings is 1. The number of aliphatic imine (C=N–C) groups is 1. The van der Waals surface area contributed by atoms with E-state index in [-0.39, 0.29) is 37.9 Å². The fraction of sp³-hybridized carbons (Fsp3) is 0.439. The van der Waals surface area contributed by atoms with Gasteiger partial charge in [-0.3, -0.25) is 20.7 Å². The van der Waals surface area contributed by atoms with E-state index in [2.05, 4.69) is 15.6 Å². The van der Waals surface area contributed by atoms with Crippen LogP contribution in [-0.2, 0) is 4.74 Å². The molecule has 0 radical (unpaired) electrons. The third kappa shape index (κ3) is 10.4. The molecule has 1 aliphatic heterocycles. The zero-order chi connectivity index (χ0) is 38.5. The van der Waals surface area contributed by atoms with Crippen LogP contribution in [0.1, 0.15) is 98.9 Å². The molecule has 2 heterocycles. The number of likely N-dealkylation sites (tertiary alicyclic amines) is 1. The third-order valence-electron chi connectivity index (χ3n) is 9.42. The second kappa shape index (κ2) is 16.1. The number of carbonyl (C=O) groups excluding carboxylic acids is 2. The van der Waals surface area contributed by atoms with E-state index in [1.54, 1.807) is 33.9 Å². The number of urea groups is 1. The van der Waals surface area contributed by atoms with Crippen molar-refractivity contribution in [1.82, 2.24) is 20.1 Å². The lowest BCUT2D eigenvalue weighted by atomic mass is 9.85. The minimum Gasteiger partial charge on any atom is -0.484 e. The maximum Gasteiger partial charge on any atom is 0.410 e. The monoisotopic (exact) mass is 726 g/mol. The Balaban J connectivity index is 0.00000406. The lowest BCUT2D eigenvalue weighted by molar-refractivity contribution is 0.0200. The minimum atomic E-state index is -0.567. The molecule has 1 fully saturated rings. The molecule has 12 nitrogen and oxygen atoms in total.